The van der Waals surface area contributed by atoms with E-state index in [1.807, 2.05) is 6.07 Å². The monoisotopic (exact) mass is 461 g/mol. The van der Waals surface area contributed by atoms with Gasteiger partial charge in [0.15, 0.2) is 5.13 Å². The maximum absolute atomic E-state index is 11.4. The van der Waals surface area contributed by atoms with E-state index in [9.17, 15) is 15.0 Å². The third kappa shape index (κ3) is 5.11. The zero-order valence-electron chi connectivity index (χ0n) is 18.8. The molecule has 0 radical (unpaired) electrons. The Morgan fingerprint density at radius 2 is 1.66 bits per heavy atom. The number of hydrogen-bond acceptors (Lipinski definition) is 10. The van der Waals surface area contributed by atoms with Crippen LogP contribution in [-0.4, -0.2) is 87.4 Å². The number of piperazine rings is 1. The second-order valence-electron chi connectivity index (χ2n) is 8.61. The van der Waals surface area contributed by atoms with Gasteiger partial charge in [-0.3, -0.25) is 10.2 Å². The Hall–Kier alpha value is -2.50. The van der Waals surface area contributed by atoms with Crippen molar-refractivity contribution in [3.8, 4) is 0 Å². The SMILES string of the molecule is Cc1nc(Nc2nc(N3CCC(O)CC3)cc(N3CCN(C(C)C)CC3)n2)sc1C(=O)O. The third-order valence-corrected chi connectivity index (χ3v) is 7.13. The average Bonchev–Trinajstić information content (AvgIpc) is 3.14. The first-order chi connectivity index (χ1) is 15.3. The van der Waals surface area contributed by atoms with Crippen LogP contribution in [0.2, 0.25) is 0 Å². The van der Waals surface area contributed by atoms with Crippen LogP contribution in [0.4, 0.5) is 22.7 Å². The van der Waals surface area contributed by atoms with E-state index in [1.54, 1.807) is 6.92 Å². The van der Waals surface area contributed by atoms with Crippen LogP contribution in [0.25, 0.3) is 0 Å². The van der Waals surface area contributed by atoms with E-state index in [0.29, 0.717) is 35.7 Å². The Morgan fingerprint density at radius 1 is 1.06 bits per heavy atom. The van der Waals surface area contributed by atoms with Gasteiger partial charge in [0.1, 0.15) is 16.5 Å². The summed E-state index contributed by atoms with van der Waals surface area (Å²) in [7, 11) is 0. The predicted octanol–water partition coefficient (Wildman–Crippen LogP) is 2.17. The van der Waals surface area contributed by atoms with Gasteiger partial charge < -0.3 is 20.0 Å². The number of hydrogen-bond donors (Lipinski definition) is 3. The highest BCUT2D eigenvalue weighted by Gasteiger charge is 2.24. The van der Waals surface area contributed by atoms with Crippen molar-refractivity contribution in [1.82, 2.24) is 19.9 Å². The first kappa shape index (κ1) is 22.7. The molecule has 32 heavy (non-hydrogen) atoms. The smallest absolute Gasteiger partial charge is 0.347 e. The number of carboxylic acids is 1. The molecule has 0 atom stereocenters. The molecule has 0 amide bonds. The number of nitrogens with one attached hydrogen (secondary N) is 1. The summed E-state index contributed by atoms with van der Waals surface area (Å²) in [6, 6.07) is 2.54. The lowest BCUT2D eigenvalue weighted by Crippen LogP contribution is -2.49. The Bertz CT molecular complexity index is 951. The number of aryl methyl sites for hydroxylation is 1. The second kappa shape index (κ2) is 9.55. The maximum atomic E-state index is 11.4. The van der Waals surface area contributed by atoms with E-state index >= 15 is 0 Å². The zero-order chi connectivity index (χ0) is 22.8. The fourth-order valence-corrected chi connectivity index (χ4v) is 4.91. The minimum atomic E-state index is -0.988. The van der Waals surface area contributed by atoms with Crippen LogP contribution >= 0.6 is 11.3 Å². The van der Waals surface area contributed by atoms with E-state index in [0.717, 1.165) is 62.2 Å². The largest absolute Gasteiger partial charge is 0.477 e. The first-order valence-electron chi connectivity index (χ1n) is 11.1. The van der Waals surface area contributed by atoms with Crippen LogP contribution in [0.5, 0.6) is 0 Å². The van der Waals surface area contributed by atoms with Gasteiger partial charge in [-0.2, -0.15) is 9.97 Å². The van der Waals surface area contributed by atoms with Crippen molar-refractivity contribution in [1.29, 1.82) is 0 Å². The Labute approximate surface area is 191 Å². The van der Waals surface area contributed by atoms with Gasteiger partial charge in [-0.1, -0.05) is 11.3 Å². The number of aliphatic hydroxyl groups is 1. The number of carbonyl (C=O) groups is 1. The standard InChI is InChI=1S/C21H31N7O3S/c1-13(2)26-8-10-28(11-9-26)17-12-16(27-6-4-15(29)5-7-27)23-20(24-17)25-21-22-14(3)18(32-21)19(30)31/h12-13,15,29H,4-11H2,1-3H3,(H,30,31)(H,22,23,24,25). The van der Waals surface area contributed by atoms with Gasteiger partial charge in [0.2, 0.25) is 5.95 Å². The van der Waals surface area contributed by atoms with Crippen LogP contribution in [-0.2, 0) is 0 Å². The predicted molar refractivity (Wildman–Crippen MR) is 126 cm³/mol. The van der Waals surface area contributed by atoms with Gasteiger partial charge >= 0.3 is 5.97 Å². The van der Waals surface area contributed by atoms with Gasteiger partial charge in [-0.15, -0.1) is 0 Å². The molecular weight excluding hydrogens is 430 g/mol. The lowest BCUT2D eigenvalue weighted by molar-refractivity contribution is 0.0701. The van der Waals surface area contributed by atoms with Crippen LogP contribution in [0.15, 0.2) is 6.07 Å². The lowest BCUT2D eigenvalue weighted by atomic mass is 10.1. The topological polar surface area (TPSA) is 118 Å². The molecule has 174 valence electrons. The number of anilines is 4. The molecule has 3 N–H and O–H groups in total. The molecule has 4 rings (SSSR count). The number of aliphatic hydroxyl groups excluding tert-OH is 1. The number of nitrogens with zero attached hydrogens (tertiary/aromatic N) is 6. The molecule has 10 nitrogen and oxygen atoms in total. The Morgan fingerprint density at radius 3 is 2.19 bits per heavy atom. The molecule has 0 spiro atoms. The van der Waals surface area contributed by atoms with Gasteiger partial charge in [-0.05, 0) is 33.6 Å². The van der Waals surface area contributed by atoms with Crippen LogP contribution < -0.4 is 15.1 Å². The molecule has 4 heterocycles. The van der Waals surface area contributed by atoms with Crippen LogP contribution in [0.1, 0.15) is 42.1 Å². The maximum Gasteiger partial charge on any atom is 0.347 e. The van der Waals surface area contributed by atoms with E-state index in [1.165, 1.54) is 0 Å². The van der Waals surface area contributed by atoms with Gasteiger partial charge in [0.05, 0.1) is 11.8 Å². The number of aromatic nitrogens is 3. The number of piperidine rings is 1. The van der Waals surface area contributed by atoms with Crippen molar-refractivity contribution in [2.75, 3.05) is 54.4 Å². The summed E-state index contributed by atoms with van der Waals surface area (Å²) in [5.41, 5.74) is 0.469. The number of aromatic carboxylic acids is 1. The van der Waals surface area contributed by atoms with E-state index < -0.39 is 5.97 Å². The summed E-state index contributed by atoms with van der Waals surface area (Å²) in [6.07, 6.45) is 1.16. The van der Waals surface area contributed by atoms with Crippen molar-refractivity contribution < 1.29 is 15.0 Å². The van der Waals surface area contributed by atoms with Crippen molar-refractivity contribution in [3.05, 3.63) is 16.6 Å². The highest BCUT2D eigenvalue weighted by molar-refractivity contribution is 7.17. The number of carboxylic acid groups (broad SMARTS) is 1. The highest BCUT2D eigenvalue weighted by Crippen LogP contribution is 2.29. The molecule has 0 aliphatic carbocycles. The summed E-state index contributed by atoms with van der Waals surface area (Å²) < 4.78 is 0. The second-order valence-corrected chi connectivity index (χ2v) is 9.61. The van der Waals surface area contributed by atoms with Crippen LogP contribution in [0.3, 0.4) is 0 Å². The van der Waals surface area contributed by atoms with Gasteiger partial charge in [0, 0.05) is 51.4 Å². The average molecular weight is 462 g/mol. The van der Waals surface area contributed by atoms with Crippen molar-refractivity contribution in [2.45, 2.75) is 45.8 Å². The zero-order valence-corrected chi connectivity index (χ0v) is 19.6. The summed E-state index contributed by atoms with van der Waals surface area (Å²) in [4.78, 5) is 32.3. The van der Waals surface area contributed by atoms with Crippen LogP contribution in [0, 0.1) is 6.92 Å². The quantitative estimate of drug-likeness (QED) is 0.591. The molecule has 2 fully saturated rings. The molecule has 2 aliphatic heterocycles. The first-order valence-corrected chi connectivity index (χ1v) is 11.9. The lowest BCUT2D eigenvalue weighted by Gasteiger charge is -2.38. The Balaban J connectivity index is 1.60. The van der Waals surface area contributed by atoms with Crippen molar-refractivity contribution in [3.63, 3.8) is 0 Å². The molecule has 2 saturated heterocycles. The van der Waals surface area contributed by atoms with Crippen molar-refractivity contribution in [2.24, 2.45) is 0 Å². The molecule has 2 aliphatic rings. The summed E-state index contributed by atoms with van der Waals surface area (Å²) in [5, 5.41) is 22.8. The van der Waals surface area contributed by atoms with E-state index in [4.69, 9.17) is 9.97 Å². The van der Waals surface area contributed by atoms with Gasteiger partial charge in [0.25, 0.3) is 0 Å². The highest BCUT2D eigenvalue weighted by atomic mass is 32.1. The normalized spacial score (nSPS) is 18.4. The molecule has 0 unspecified atom stereocenters. The minimum Gasteiger partial charge on any atom is -0.477 e. The van der Waals surface area contributed by atoms with Crippen molar-refractivity contribution >= 4 is 40.0 Å². The summed E-state index contributed by atoms with van der Waals surface area (Å²) in [6.45, 7) is 11.3. The molecule has 11 heteroatoms. The third-order valence-electron chi connectivity index (χ3n) is 6.07. The fourth-order valence-electron chi connectivity index (χ4n) is 4.11. The minimum absolute atomic E-state index is 0.207. The molecule has 0 saturated carbocycles. The number of thiazole rings is 1. The van der Waals surface area contributed by atoms with Gasteiger partial charge in [-0.25, -0.2) is 9.78 Å². The summed E-state index contributed by atoms with van der Waals surface area (Å²) >= 11 is 1.08. The molecule has 0 bridgehead atoms. The summed E-state index contributed by atoms with van der Waals surface area (Å²) in [5.74, 6) is 1.07. The molecule has 2 aromatic heterocycles. The molecule has 0 aromatic carbocycles. The van der Waals surface area contributed by atoms with E-state index in [2.05, 4.69) is 38.8 Å². The Kier molecular flexibility index (Phi) is 6.77. The number of rotatable bonds is 6. The van der Waals surface area contributed by atoms with E-state index in [-0.39, 0.29) is 11.0 Å². The molecule has 2 aromatic rings. The fraction of sp³-hybridized carbons (Fsp3) is 0.619. The molecular formula is C21H31N7O3S.